The maximum Gasteiger partial charge on any atom is 0.309 e. The molecule has 0 aromatic rings. The van der Waals surface area contributed by atoms with Gasteiger partial charge in [0.2, 0.25) is 0 Å². The molecule has 0 amide bonds. The first kappa shape index (κ1) is 16.6. The second kappa shape index (κ2) is 9.65. The number of carboxylic acid groups (broad SMARTS) is 2. The molecule has 0 aromatic carbocycles. The molecule has 0 spiro atoms. The van der Waals surface area contributed by atoms with Crippen molar-refractivity contribution >= 4 is 11.9 Å². The molecule has 5 nitrogen and oxygen atoms in total. The number of rotatable bonds is 10. The van der Waals surface area contributed by atoms with E-state index in [-0.39, 0.29) is 6.42 Å². The lowest BCUT2D eigenvalue weighted by Crippen LogP contribution is -2.29. The van der Waals surface area contributed by atoms with Gasteiger partial charge in [-0.3, -0.25) is 9.59 Å². The van der Waals surface area contributed by atoms with E-state index in [4.69, 9.17) is 10.2 Å². The number of hydrogen-bond acceptors (Lipinski definition) is 3. The lowest BCUT2D eigenvalue weighted by Gasteiger charge is -2.15. The standard InChI is InChI=1S/C13H22O5/c1-2-3-4-5-6-7-8-10(13(17)18)11(14)9-12(15)16/h6-7,10-11,14H,2-5,8-9H2,1H3,(H,15,16)(H,17,18)/b7-6-/t10-,11+/m1/s1. The SMILES string of the molecule is CCCCC/C=C\C[C@@H](C(=O)O)[C@@H](O)CC(=O)O. The fourth-order valence-electron chi connectivity index (χ4n) is 1.62. The maximum absolute atomic E-state index is 10.9. The summed E-state index contributed by atoms with van der Waals surface area (Å²) >= 11 is 0. The highest BCUT2D eigenvalue weighted by Crippen LogP contribution is 2.14. The third-order valence-electron chi connectivity index (χ3n) is 2.70. The fourth-order valence-corrected chi connectivity index (χ4v) is 1.62. The van der Waals surface area contributed by atoms with Crippen LogP contribution >= 0.6 is 0 Å². The van der Waals surface area contributed by atoms with Crippen LogP contribution in [0.3, 0.4) is 0 Å². The summed E-state index contributed by atoms with van der Waals surface area (Å²) in [6, 6.07) is 0. The van der Waals surface area contributed by atoms with Crippen molar-refractivity contribution < 1.29 is 24.9 Å². The number of allylic oxidation sites excluding steroid dienone is 2. The van der Waals surface area contributed by atoms with Gasteiger partial charge in [-0.1, -0.05) is 31.9 Å². The lowest BCUT2D eigenvalue weighted by molar-refractivity contribution is -0.148. The Kier molecular flexibility index (Phi) is 8.92. The predicted octanol–water partition coefficient (Wildman–Crippen LogP) is 2.05. The van der Waals surface area contributed by atoms with E-state index in [0.717, 1.165) is 25.7 Å². The second-order valence-electron chi connectivity index (χ2n) is 4.31. The summed E-state index contributed by atoms with van der Waals surface area (Å²) in [5.41, 5.74) is 0. The van der Waals surface area contributed by atoms with Crippen molar-refractivity contribution in [2.24, 2.45) is 5.92 Å². The Morgan fingerprint density at radius 1 is 1.17 bits per heavy atom. The molecule has 0 aromatic heterocycles. The molecule has 0 rings (SSSR count). The van der Waals surface area contributed by atoms with Crippen LogP contribution in [0.1, 0.15) is 45.4 Å². The fraction of sp³-hybridized carbons (Fsp3) is 0.692. The number of aliphatic hydroxyl groups is 1. The Labute approximate surface area is 107 Å². The minimum absolute atomic E-state index is 0.163. The number of carbonyl (C=O) groups is 2. The molecule has 0 unspecified atom stereocenters. The molecule has 5 heteroatoms. The molecule has 0 heterocycles. The molecule has 0 bridgehead atoms. The molecule has 0 fully saturated rings. The number of aliphatic carboxylic acids is 2. The van der Waals surface area contributed by atoms with E-state index in [1.165, 1.54) is 0 Å². The summed E-state index contributed by atoms with van der Waals surface area (Å²) in [6.45, 7) is 2.10. The molecule has 0 radical (unpaired) electrons. The van der Waals surface area contributed by atoms with Crippen molar-refractivity contribution in [2.75, 3.05) is 0 Å². The first-order valence-corrected chi connectivity index (χ1v) is 6.26. The van der Waals surface area contributed by atoms with Crippen LogP contribution in [0.4, 0.5) is 0 Å². The number of carboxylic acids is 2. The smallest absolute Gasteiger partial charge is 0.309 e. The topological polar surface area (TPSA) is 94.8 Å². The minimum Gasteiger partial charge on any atom is -0.481 e. The van der Waals surface area contributed by atoms with Crippen LogP contribution in [-0.2, 0) is 9.59 Å². The Hall–Kier alpha value is -1.36. The first-order valence-electron chi connectivity index (χ1n) is 6.26. The van der Waals surface area contributed by atoms with Crippen molar-refractivity contribution in [1.82, 2.24) is 0 Å². The van der Waals surface area contributed by atoms with E-state index in [2.05, 4.69) is 6.92 Å². The molecule has 0 aliphatic heterocycles. The second-order valence-corrected chi connectivity index (χ2v) is 4.31. The predicted molar refractivity (Wildman–Crippen MR) is 67.3 cm³/mol. The molecule has 0 aliphatic carbocycles. The summed E-state index contributed by atoms with van der Waals surface area (Å²) in [7, 11) is 0. The molecule has 3 N–H and O–H groups in total. The van der Waals surface area contributed by atoms with Crippen molar-refractivity contribution in [3.8, 4) is 0 Å². The van der Waals surface area contributed by atoms with Gasteiger partial charge in [0.25, 0.3) is 0 Å². The zero-order valence-corrected chi connectivity index (χ0v) is 10.7. The maximum atomic E-state index is 10.9. The van der Waals surface area contributed by atoms with Gasteiger partial charge in [0.15, 0.2) is 0 Å². The Bertz CT molecular complexity index is 285. The van der Waals surface area contributed by atoms with Crippen LogP contribution in [0.5, 0.6) is 0 Å². The van der Waals surface area contributed by atoms with E-state index < -0.39 is 30.4 Å². The third kappa shape index (κ3) is 7.84. The van der Waals surface area contributed by atoms with Crippen LogP contribution < -0.4 is 0 Å². The van der Waals surface area contributed by atoms with E-state index in [9.17, 15) is 14.7 Å². The molecule has 0 saturated carbocycles. The van der Waals surface area contributed by atoms with Crippen LogP contribution in [0.2, 0.25) is 0 Å². The zero-order chi connectivity index (χ0) is 14.0. The van der Waals surface area contributed by atoms with Crippen LogP contribution in [0.15, 0.2) is 12.2 Å². The van der Waals surface area contributed by atoms with Gasteiger partial charge in [-0.15, -0.1) is 0 Å². The highest BCUT2D eigenvalue weighted by Gasteiger charge is 2.26. The van der Waals surface area contributed by atoms with Gasteiger partial charge >= 0.3 is 11.9 Å². The van der Waals surface area contributed by atoms with Crippen molar-refractivity contribution in [2.45, 2.75) is 51.6 Å². The summed E-state index contributed by atoms with van der Waals surface area (Å²) in [5.74, 6) is -3.41. The Balaban J connectivity index is 4.12. The Morgan fingerprint density at radius 2 is 1.83 bits per heavy atom. The average molecular weight is 258 g/mol. The van der Waals surface area contributed by atoms with Gasteiger partial charge in [0.05, 0.1) is 18.4 Å². The largest absolute Gasteiger partial charge is 0.481 e. The summed E-state index contributed by atoms with van der Waals surface area (Å²) < 4.78 is 0. The molecular weight excluding hydrogens is 236 g/mol. The molecular formula is C13H22O5. The highest BCUT2D eigenvalue weighted by molar-refractivity contribution is 5.73. The lowest BCUT2D eigenvalue weighted by atomic mass is 9.96. The monoisotopic (exact) mass is 258 g/mol. The van der Waals surface area contributed by atoms with Gasteiger partial charge in [0, 0.05) is 0 Å². The molecule has 0 saturated heterocycles. The molecule has 2 atom stereocenters. The van der Waals surface area contributed by atoms with Gasteiger partial charge in [-0.25, -0.2) is 0 Å². The number of hydrogen-bond donors (Lipinski definition) is 3. The van der Waals surface area contributed by atoms with Crippen LogP contribution in [-0.4, -0.2) is 33.4 Å². The Morgan fingerprint density at radius 3 is 2.33 bits per heavy atom. The summed E-state index contributed by atoms with van der Waals surface area (Å²) in [5, 5.41) is 26.9. The van der Waals surface area contributed by atoms with Gasteiger partial charge in [-0.2, -0.15) is 0 Å². The van der Waals surface area contributed by atoms with Gasteiger partial charge < -0.3 is 15.3 Å². The van der Waals surface area contributed by atoms with E-state index >= 15 is 0 Å². The van der Waals surface area contributed by atoms with Crippen molar-refractivity contribution in [3.63, 3.8) is 0 Å². The van der Waals surface area contributed by atoms with Gasteiger partial charge in [-0.05, 0) is 19.3 Å². The summed E-state index contributed by atoms with van der Waals surface area (Å²) in [6.07, 6.45) is 6.07. The van der Waals surface area contributed by atoms with E-state index in [1.54, 1.807) is 6.08 Å². The average Bonchev–Trinajstić information content (AvgIpc) is 2.26. The first-order chi connectivity index (χ1) is 8.49. The van der Waals surface area contributed by atoms with Crippen LogP contribution in [0, 0.1) is 5.92 Å². The molecule has 18 heavy (non-hydrogen) atoms. The highest BCUT2D eigenvalue weighted by atomic mass is 16.4. The quantitative estimate of drug-likeness (QED) is 0.412. The number of unbranched alkanes of at least 4 members (excludes halogenated alkanes) is 3. The van der Waals surface area contributed by atoms with E-state index in [1.807, 2.05) is 6.08 Å². The van der Waals surface area contributed by atoms with Gasteiger partial charge in [0.1, 0.15) is 0 Å². The molecule has 0 aliphatic rings. The van der Waals surface area contributed by atoms with Crippen molar-refractivity contribution in [3.05, 3.63) is 12.2 Å². The summed E-state index contributed by atoms with van der Waals surface area (Å²) in [4.78, 5) is 21.3. The zero-order valence-electron chi connectivity index (χ0n) is 10.7. The van der Waals surface area contributed by atoms with E-state index in [0.29, 0.717) is 0 Å². The molecule has 104 valence electrons. The van der Waals surface area contributed by atoms with Crippen molar-refractivity contribution in [1.29, 1.82) is 0 Å². The third-order valence-corrected chi connectivity index (χ3v) is 2.70. The minimum atomic E-state index is -1.35. The normalized spacial score (nSPS) is 14.6. The number of aliphatic hydroxyl groups excluding tert-OH is 1. The van der Waals surface area contributed by atoms with Crippen LogP contribution in [0.25, 0.3) is 0 Å².